The standard InChI is InChI=1S/2C14H23N3O.C4H4O4/c2*1-3-4-9-18-14-10-13(11-15-12-14)17-7-5-16(2)6-8-17;5-3(6)1-2-4(7)8/h2*10-12H,3-9H2,1-2H3;1-2H,(H,5,6)(H,7,8)/b;;2-1+. The van der Waals surface area contributed by atoms with Crippen molar-refractivity contribution < 1.29 is 29.3 Å². The van der Waals surface area contributed by atoms with Crippen LogP contribution in [-0.2, 0) is 9.59 Å². The maximum atomic E-state index is 9.55. The van der Waals surface area contributed by atoms with Crippen molar-refractivity contribution in [2.24, 2.45) is 0 Å². The molecule has 2 aliphatic rings. The first-order valence-electron chi connectivity index (χ1n) is 15.4. The molecule has 4 heterocycles. The number of anilines is 2. The predicted octanol–water partition coefficient (Wildman–Crippen LogP) is 3.74. The lowest BCUT2D eigenvalue weighted by molar-refractivity contribution is -0.134. The van der Waals surface area contributed by atoms with Gasteiger partial charge in [0, 0.05) is 76.6 Å². The summed E-state index contributed by atoms with van der Waals surface area (Å²) in [5.41, 5.74) is 2.36. The Kier molecular flexibility index (Phi) is 17.2. The van der Waals surface area contributed by atoms with Gasteiger partial charge in [-0.25, -0.2) is 9.59 Å². The zero-order chi connectivity index (χ0) is 32.2. The second kappa shape index (κ2) is 20.9. The average Bonchev–Trinajstić information content (AvgIpc) is 3.02. The molecule has 0 aromatic carbocycles. The minimum Gasteiger partial charge on any atom is -0.492 e. The van der Waals surface area contributed by atoms with Gasteiger partial charge in [-0.15, -0.1) is 0 Å². The highest BCUT2D eigenvalue weighted by Crippen LogP contribution is 2.22. The number of likely N-dealkylation sites (N-methyl/N-ethyl adjacent to an activating group) is 2. The van der Waals surface area contributed by atoms with Gasteiger partial charge in [0.2, 0.25) is 0 Å². The quantitative estimate of drug-likeness (QED) is 0.267. The van der Waals surface area contributed by atoms with Crippen molar-refractivity contribution in [1.29, 1.82) is 0 Å². The number of carbonyl (C=O) groups is 2. The van der Waals surface area contributed by atoms with Crippen LogP contribution in [0.1, 0.15) is 39.5 Å². The van der Waals surface area contributed by atoms with Gasteiger partial charge in [-0.1, -0.05) is 26.7 Å². The molecule has 2 saturated heterocycles. The molecule has 12 nitrogen and oxygen atoms in total. The molecule has 2 fully saturated rings. The van der Waals surface area contributed by atoms with Gasteiger partial charge in [-0.2, -0.15) is 0 Å². The van der Waals surface area contributed by atoms with Gasteiger partial charge in [0.1, 0.15) is 11.5 Å². The molecule has 0 aliphatic carbocycles. The summed E-state index contributed by atoms with van der Waals surface area (Å²) in [6.45, 7) is 14.6. The first-order chi connectivity index (χ1) is 21.2. The fourth-order valence-corrected chi connectivity index (χ4v) is 4.26. The number of carboxylic acid groups (broad SMARTS) is 2. The van der Waals surface area contributed by atoms with Crippen LogP contribution in [0, 0.1) is 0 Å². The number of carboxylic acids is 2. The number of aliphatic carboxylic acids is 2. The van der Waals surface area contributed by atoms with E-state index in [1.807, 2.05) is 12.4 Å². The topological polar surface area (TPSA) is 132 Å². The van der Waals surface area contributed by atoms with Gasteiger partial charge in [0.25, 0.3) is 0 Å². The molecule has 0 spiro atoms. The molecule has 0 bridgehead atoms. The van der Waals surface area contributed by atoms with Gasteiger partial charge < -0.3 is 39.3 Å². The van der Waals surface area contributed by atoms with Gasteiger partial charge in [0.15, 0.2) is 0 Å². The van der Waals surface area contributed by atoms with Crippen molar-refractivity contribution in [3.63, 3.8) is 0 Å². The van der Waals surface area contributed by atoms with Crippen LogP contribution in [0.5, 0.6) is 11.5 Å². The summed E-state index contributed by atoms with van der Waals surface area (Å²) in [7, 11) is 4.33. The van der Waals surface area contributed by atoms with E-state index in [0.29, 0.717) is 12.2 Å². The van der Waals surface area contributed by atoms with Crippen molar-refractivity contribution in [3.8, 4) is 11.5 Å². The van der Waals surface area contributed by atoms with Gasteiger partial charge >= 0.3 is 11.9 Å². The Hall–Kier alpha value is -3.90. The number of piperazine rings is 2. The van der Waals surface area contributed by atoms with Crippen molar-refractivity contribution in [3.05, 3.63) is 49.1 Å². The van der Waals surface area contributed by atoms with Crippen molar-refractivity contribution in [1.82, 2.24) is 19.8 Å². The Balaban J connectivity index is 0.000000248. The maximum absolute atomic E-state index is 9.55. The second-order valence-corrected chi connectivity index (χ2v) is 10.8. The normalized spacial score (nSPS) is 15.5. The van der Waals surface area contributed by atoms with Crippen LogP contribution in [0.3, 0.4) is 0 Å². The summed E-state index contributed by atoms with van der Waals surface area (Å²) in [6, 6.07) is 4.21. The number of ether oxygens (including phenoxy) is 2. The summed E-state index contributed by atoms with van der Waals surface area (Å²) in [5.74, 6) is -0.737. The number of hydrogen-bond acceptors (Lipinski definition) is 10. The van der Waals surface area contributed by atoms with Crippen molar-refractivity contribution >= 4 is 23.3 Å². The van der Waals surface area contributed by atoms with Crippen molar-refractivity contribution in [2.45, 2.75) is 39.5 Å². The van der Waals surface area contributed by atoms with E-state index in [1.165, 1.54) is 11.4 Å². The molecule has 244 valence electrons. The zero-order valence-electron chi connectivity index (χ0n) is 26.7. The minimum absolute atomic E-state index is 0.558. The summed E-state index contributed by atoms with van der Waals surface area (Å²) in [5, 5.41) is 15.6. The van der Waals surface area contributed by atoms with Crippen molar-refractivity contribution in [2.75, 3.05) is 89.5 Å². The van der Waals surface area contributed by atoms with Crippen LogP contribution < -0.4 is 19.3 Å². The van der Waals surface area contributed by atoms with Crippen LogP contribution in [0.4, 0.5) is 11.4 Å². The number of unbranched alkanes of at least 4 members (excludes halogenated alkanes) is 2. The molecule has 44 heavy (non-hydrogen) atoms. The largest absolute Gasteiger partial charge is 0.492 e. The van der Waals surface area contributed by atoms with E-state index in [4.69, 9.17) is 19.7 Å². The van der Waals surface area contributed by atoms with Crippen LogP contribution in [-0.4, -0.2) is 122 Å². The van der Waals surface area contributed by atoms with E-state index in [9.17, 15) is 9.59 Å². The molecular formula is C32H50N6O6. The number of pyridine rings is 2. The predicted molar refractivity (Wildman–Crippen MR) is 173 cm³/mol. The highest BCUT2D eigenvalue weighted by Gasteiger charge is 2.16. The first-order valence-corrected chi connectivity index (χ1v) is 15.4. The molecule has 0 saturated carbocycles. The summed E-state index contributed by atoms with van der Waals surface area (Å²) >= 11 is 0. The first kappa shape index (κ1) is 36.3. The van der Waals surface area contributed by atoms with Crippen LogP contribution >= 0.6 is 0 Å². The lowest BCUT2D eigenvalue weighted by Crippen LogP contribution is -2.44. The molecule has 12 heteroatoms. The van der Waals surface area contributed by atoms with E-state index in [1.54, 1.807) is 12.4 Å². The summed E-state index contributed by atoms with van der Waals surface area (Å²) in [6.07, 6.45) is 13.1. The SMILES string of the molecule is CCCCOc1cncc(N2CCN(C)CC2)c1.CCCCOc1cncc(N2CCN(C)CC2)c1.O=C(O)/C=C/C(=O)O. The van der Waals surface area contributed by atoms with E-state index < -0.39 is 11.9 Å². The van der Waals surface area contributed by atoms with E-state index >= 15 is 0 Å². The molecule has 0 unspecified atom stereocenters. The summed E-state index contributed by atoms with van der Waals surface area (Å²) in [4.78, 5) is 37.1. The van der Waals surface area contributed by atoms with Gasteiger partial charge in [0.05, 0.1) is 49.4 Å². The number of aromatic nitrogens is 2. The van der Waals surface area contributed by atoms with Crippen LogP contribution in [0.15, 0.2) is 49.1 Å². The molecular weight excluding hydrogens is 564 g/mol. The highest BCUT2D eigenvalue weighted by atomic mass is 16.5. The Bertz CT molecular complexity index is 1050. The van der Waals surface area contributed by atoms with Crippen LogP contribution in [0.25, 0.3) is 0 Å². The van der Waals surface area contributed by atoms with E-state index in [2.05, 4.69) is 69.6 Å². The molecule has 2 aromatic heterocycles. The number of hydrogen-bond donors (Lipinski definition) is 2. The lowest BCUT2D eigenvalue weighted by atomic mass is 10.3. The molecule has 4 rings (SSSR count). The average molecular weight is 615 g/mol. The minimum atomic E-state index is -1.26. The Morgan fingerprint density at radius 2 is 1.05 bits per heavy atom. The molecule has 0 atom stereocenters. The van der Waals surface area contributed by atoms with Crippen LogP contribution in [0.2, 0.25) is 0 Å². The van der Waals surface area contributed by atoms with Gasteiger partial charge in [-0.05, 0) is 26.9 Å². The molecule has 2 aromatic rings. The Morgan fingerprint density at radius 1 is 0.682 bits per heavy atom. The fourth-order valence-electron chi connectivity index (χ4n) is 4.26. The smallest absolute Gasteiger partial charge is 0.328 e. The maximum Gasteiger partial charge on any atom is 0.328 e. The highest BCUT2D eigenvalue weighted by molar-refractivity contribution is 5.89. The third kappa shape index (κ3) is 15.0. The monoisotopic (exact) mass is 614 g/mol. The summed E-state index contributed by atoms with van der Waals surface area (Å²) < 4.78 is 11.4. The molecule has 0 amide bonds. The Labute approximate surface area is 261 Å². The number of nitrogens with zero attached hydrogens (tertiary/aromatic N) is 6. The van der Waals surface area contributed by atoms with E-state index in [0.717, 1.165) is 103 Å². The Morgan fingerprint density at radius 3 is 1.36 bits per heavy atom. The third-order valence-electron chi connectivity index (χ3n) is 7.04. The zero-order valence-corrected chi connectivity index (χ0v) is 26.7. The van der Waals surface area contributed by atoms with Gasteiger partial charge in [-0.3, -0.25) is 9.97 Å². The van der Waals surface area contributed by atoms with E-state index in [-0.39, 0.29) is 0 Å². The fraction of sp³-hybridized carbons (Fsp3) is 0.562. The lowest BCUT2D eigenvalue weighted by Gasteiger charge is -2.33. The number of rotatable bonds is 12. The molecule has 2 aliphatic heterocycles. The molecule has 2 N–H and O–H groups in total. The third-order valence-corrected chi connectivity index (χ3v) is 7.04. The second-order valence-electron chi connectivity index (χ2n) is 10.8. The molecule has 0 radical (unpaired) electrons.